The molecule has 2 aromatic heterocycles. The van der Waals surface area contributed by atoms with Crippen molar-refractivity contribution in [3.8, 4) is 0 Å². The number of hydrogen-bond donors (Lipinski definition) is 2. The lowest BCUT2D eigenvalue weighted by molar-refractivity contribution is 0.565. The molecule has 0 spiro atoms. The van der Waals surface area contributed by atoms with Crippen LogP contribution in [0.1, 0.15) is 19.3 Å². The van der Waals surface area contributed by atoms with Gasteiger partial charge < -0.3 is 4.90 Å². The molecule has 0 atom stereocenters. The van der Waals surface area contributed by atoms with E-state index in [2.05, 4.69) is 35.2 Å². The molecule has 3 N–H and O–H groups in total. The van der Waals surface area contributed by atoms with Crippen molar-refractivity contribution in [1.82, 2.24) is 24.9 Å². The van der Waals surface area contributed by atoms with Crippen molar-refractivity contribution in [2.45, 2.75) is 29.6 Å². The fraction of sp³-hybridized carbons (Fsp3) is 0.417. The molecule has 1 aliphatic rings. The van der Waals surface area contributed by atoms with Gasteiger partial charge in [0.1, 0.15) is 0 Å². The van der Waals surface area contributed by atoms with Crippen LogP contribution in [0.4, 0.5) is 11.9 Å². The van der Waals surface area contributed by atoms with Gasteiger partial charge in [0.05, 0.1) is 0 Å². The van der Waals surface area contributed by atoms with Crippen LogP contribution in [0.25, 0.3) is 0 Å². The summed E-state index contributed by atoms with van der Waals surface area (Å²) < 4.78 is 0. The third kappa shape index (κ3) is 3.56. The second kappa shape index (κ2) is 6.64. The highest BCUT2D eigenvalue weighted by molar-refractivity contribution is 7.99. The average Bonchev–Trinajstić information content (AvgIpc) is 2.56. The molecule has 0 aliphatic carbocycles. The number of nitrogens with zero attached hydrogens (tertiary/aromatic N) is 6. The molecule has 1 aliphatic heterocycles. The van der Waals surface area contributed by atoms with Gasteiger partial charge >= 0.3 is 0 Å². The van der Waals surface area contributed by atoms with Crippen LogP contribution in [0.5, 0.6) is 0 Å². The molecule has 110 valence electrons. The summed E-state index contributed by atoms with van der Waals surface area (Å²) in [7, 11) is 0. The third-order valence-corrected chi connectivity index (χ3v) is 3.85. The Kier molecular flexibility index (Phi) is 4.41. The van der Waals surface area contributed by atoms with E-state index in [9.17, 15) is 0 Å². The predicted octanol–water partition coefficient (Wildman–Crippen LogP) is 1.09. The predicted molar refractivity (Wildman–Crippen MR) is 79.9 cm³/mol. The Morgan fingerprint density at radius 3 is 2.48 bits per heavy atom. The summed E-state index contributed by atoms with van der Waals surface area (Å²) in [6.45, 7) is 1.92. The van der Waals surface area contributed by atoms with Gasteiger partial charge in [-0.3, -0.25) is 5.43 Å². The van der Waals surface area contributed by atoms with E-state index in [0.29, 0.717) is 22.2 Å². The smallest absolute Gasteiger partial charge is 0.242 e. The second-order valence-corrected chi connectivity index (χ2v) is 5.50. The van der Waals surface area contributed by atoms with E-state index in [-0.39, 0.29) is 0 Å². The highest BCUT2D eigenvalue weighted by Crippen LogP contribution is 2.24. The Morgan fingerprint density at radius 1 is 1.00 bits per heavy atom. The zero-order valence-electron chi connectivity index (χ0n) is 11.4. The summed E-state index contributed by atoms with van der Waals surface area (Å²) in [4.78, 5) is 23.5. The van der Waals surface area contributed by atoms with Crippen LogP contribution in [0.2, 0.25) is 0 Å². The summed E-state index contributed by atoms with van der Waals surface area (Å²) in [6.07, 6.45) is 6.93. The van der Waals surface area contributed by atoms with Crippen molar-refractivity contribution in [3.63, 3.8) is 0 Å². The quantitative estimate of drug-likeness (QED) is 0.487. The minimum Gasteiger partial charge on any atom is -0.341 e. The number of nitrogen functional groups attached to an aromatic ring is 1. The number of anilines is 2. The van der Waals surface area contributed by atoms with E-state index in [1.54, 1.807) is 18.5 Å². The van der Waals surface area contributed by atoms with Crippen molar-refractivity contribution in [2.75, 3.05) is 23.4 Å². The molecule has 0 unspecified atom stereocenters. The number of hydrazine groups is 1. The van der Waals surface area contributed by atoms with Gasteiger partial charge in [-0.1, -0.05) is 0 Å². The number of hydrogen-bond acceptors (Lipinski definition) is 9. The normalized spacial score (nSPS) is 15.0. The topological polar surface area (TPSA) is 106 Å². The first kappa shape index (κ1) is 14.0. The van der Waals surface area contributed by atoms with Crippen molar-refractivity contribution in [3.05, 3.63) is 18.5 Å². The van der Waals surface area contributed by atoms with Crippen LogP contribution >= 0.6 is 11.8 Å². The Labute approximate surface area is 126 Å². The molecule has 0 radical (unpaired) electrons. The summed E-state index contributed by atoms with van der Waals surface area (Å²) in [6, 6.07) is 1.77. The average molecular weight is 304 g/mol. The summed E-state index contributed by atoms with van der Waals surface area (Å²) in [5, 5.41) is 1.13. The number of aromatic nitrogens is 5. The van der Waals surface area contributed by atoms with Crippen molar-refractivity contribution >= 4 is 23.7 Å². The molecular formula is C12H16N8S. The highest BCUT2D eigenvalue weighted by Gasteiger charge is 2.16. The lowest BCUT2D eigenvalue weighted by atomic mass is 10.1. The van der Waals surface area contributed by atoms with Crippen LogP contribution < -0.4 is 16.2 Å². The number of nitrogens with two attached hydrogens (primary N) is 1. The fourth-order valence-electron chi connectivity index (χ4n) is 2.11. The third-order valence-electron chi connectivity index (χ3n) is 3.10. The molecular weight excluding hydrogens is 288 g/mol. The first-order chi connectivity index (χ1) is 10.3. The van der Waals surface area contributed by atoms with Gasteiger partial charge in [0.25, 0.3) is 0 Å². The van der Waals surface area contributed by atoms with Crippen LogP contribution in [0.15, 0.2) is 28.8 Å². The van der Waals surface area contributed by atoms with Gasteiger partial charge in [0, 0.05) is 25.5 Å². The molecule has 1 fully saturated rings. The molecule has 1 saturated heterocycles. The van der Waals surface area contributed by atoms with E-state index in [1.807, 2.05) is 0 Å². The van der Waals surface area contributed by atoms with Gasteiger partial charge in [-0.05, 0) is 37.1 Å². The Balaban J connectivity index is 1.85. The number of piperidine rings is 1. The SMILES string of the molecule is NNc1nc(Sc2ncccn2)nc(N2CCCCC2)n1. The van der Waals surface area contributed by atoms with Crippen molar-refractivity contribution in [2.24, 2.45) is 5.84 Å². The first-order valence-corrected chi connectivity index (χ1v) is 7.59. The molecule has 8 nitrogen and oxygen atoms in total. The lowest BCUT2D eigenvalue weighted by Crippen LogP contribution is -2.31. The minimum absolute atomic E-state index is 0.351. The highest BCUT2D eigenvalue weighted by atomic mass is 32.2. The van der Waals surface area contributed by atoms with E-state index in [1.165, 1.54) is 18.2 Å². The van der Waals surface area contributed by atoms with Gasteiger partial charge in [0.2, 0.25) is 17.1 Å². The van der Waals surface area contributed by atoms with E-state index >= 15 is 0 Å². The van der Waals surface area contributed by atoms with Crippen LogP contribution in [0, 0.1) is 0 Å². The molecule has 21 heavy (non-hydrogen) atoms. The number of rotatable bonds is 4. The van der Waals surface area contributed by atoms with Crippen LogP contribution in [0.3, 0.4) is 0 Å². The van der Waals surface area contributed by atoms with E-state index < -0.39 is 0 Å². The fourth-order valence-corrected chi connectivity index (χ4v) is 2.76. The van der Waals surface area contributed by atoms with Crippen molar-refractivity contribution < 1.29 is 0 Å². The number of nitrogens with one attached hydrogen (secondary N) is 1. The maximum Gasteiger partial charge on any atom is 0.242 e. The standard InChI is InChI=1S/C12H16N8S/c13-19-9-16-10(20-7-2-1-3-8-20)18-12(17-9)21-11-14-5-4-6-15-11/h4-6H,1-3,7-8,13H2,(H,16,17,18,19). The summed E-state index contributed by atoms with van der Waals surface area (Å²) >= 11 is 1.29. The molecule has 0 bridgehead atoms. The Bertz CT molecular complexity index is 587. The van der Waals surface area contributed by atoms with Gasteiger partial charge in [-0.25, -0.2) is 15.8 Å². The van der Waals surface area contributed by atoms with E-state index in [4.69, 9.17) is 5.84 Å². The minimum atomic E-state index is 0.351. The molecule has 2 aromatic rings. The molecule has 0 amide bonds. The lowest BCUT2D eigenvalue weighted by Gasteiger charge is -2.26. The van der Waals surface area contributed by atoms with E-state index in [0.717, 1.165) is 25.9 Å². The van der Waals surface area contributed by atoms with Gasteiger partial charge in [-0.2, -0.15) is 15.0 Å². The summed E-state index contributed by atoms with van der Waals surface area (Å²) in [5.74, 6) is 6.45. The molecule has 3 heterocycles. The first-order valence-electron chi connectivity index (χ1n) is 6.77. The van der Waals surface area contributed by atoms with Crippen LogP contribution in [-0.2, 0) is 0 Å². The van der Waals surface area contributed by atoms with Crippen LogP contribution in [-0.4, -0.2) is 38.0 Å². The monoisotopic (exact) mass is 304 g/mol. The van der Waals surface area contributed by atoms with Gasteiger partial charge in [0.15, 0.2) is 5.16 Å². The van der Waals surface area contributed by atoms with Gasteiger partial charge in [-0.15, -0.1) is 0 Å². The molecule has 0 saturated carbocycles. The summed E-state index contributed by atoms with van der Waals surface area (Å²) in [5.41, 5.74) is 2.49. The Hall–Kier alpha value is -2.00. The maximum absolute atomic E-state index is 5.45. The second-order valence-electron chi connectivity index (χ2n) is 4.57. The van der Waals surface area contributed by atoms with Crippen molar-refractivity contribution in [1.29, 1.82) is 0 Å². The zero-order chi connectivity index (χ0) is 14.5. The maximum atomic E-state index is 5.45. The Morgan fingerprint density at radius 2 is 1.76 bits per heavy atom. The zero-order valence-corrected chi connectivity index (χ0v) is 12.3. The molecule has 9 heteroatoms. The molecule has 3 rings (SSSR count). The molecule has 0 aromatic carbocycles. The largest absolute Gasteiger partial charge is 0.341 e.